The number of amides is 5. The Hall–Kier alpha value is -5.43. The first kappa shape index (κ1) is 41.3. The molecule has 1 aliphatic rings. The number of rotatable bonds is 9. The number of likely N-dealkylation sites (N-methyl/N-ethyl adjacent to an activating group) is 2. The van der Waals surface area contributed by atoms with Crippen molar-refractivity contribution in [2.24, 2.45) is 0 Å². The minimum atomic E-state index is -1.08. The van der Waals surface area contributed by atoms with Gasteiger partial charge >= 0.3 is 0 Å². The van der Waals surface area contributed by atoms with Crippen LogP contribution in [0.1, 0.15) is 61.5 Å². The van der Waals surface area contributed by atoms with Crippen molar-refractivity contribution in [2.75, 3.05) is 40.9 Å². The molecule has 0 unspecified atom stereocenters. The van der Waals surface area contributed by atoms with E-state index >= 15 is 0 Å². The second-order valence-corrected chi connectivity index (χ2v) is 14.6. The molecule has 0 fully saturated rings. The smallest absolute Gasteiger partial charge is 0.255 e. The predicted octanol–water partition coefficient (Wildman–Crippen LogP) is 3.07. The van der Waals surface area contributed by atoms with Crippen molar-refractivity contribution in [2.45, 2.75) is 76.7 Å². The standard InChI is InChI=1S/C41H54N6O7/c1-28-40(52)47(6)31(23-29-13-8-7-9-14-29)27-54-35-18-11-10-17-33(35)38(50)44-34(19-20-36(48)45-41(2,3)25-37(49)43-28)39(51)42-26-30-15-12-16-32(24-30)53-22-21-46(4)5/h7-18,24,28,31,34H,19-23,25-27H2,1-6H3,(H,42,51)(H,43,49)(H,44,50)(H,45,48)/t28-,31-,34-/m0/s1. The lowest BCUT2D eigenvalue weighted by Gasteiger charge is -2.31. The quantitative estimate of drug-likeness (QED) is 0.261. The lowest BCUT2D eigenvalue weighted by molar-refractivity contribution is -0.137. The Morgan fingerprint density at radius 3 is 2.39 bits per heavy atom. The Labute approximate surface area is 318 Å². The molecule has 13 nitrogen and oxygen atoms in total. The molecule has 0 saturated carbocycles. The van der Waals surface area contributed by atoms with E-state index in [2.05, 4.69) is 21.3 Å². The van der Waals surface area contributed by atoms with E-state index in [4.69, 9.17) is 9.47 Å². The van der Waals surface area contributed by atoms with Gasteiger partial charge in [-0.15, -0.1) is 0 Å². The highest BCUT2D eigenvalue weighted by Crippen LogP contribution is 2.21. The van der Waals surface area contributed by atoms with Crippen molar-refractivity contribution in [1.82, 2.24) is 31.1 Å². The molecule has 1 aliphatic heterocycles. The minimum Gasteiger partial charge on any atom is -0.492 e. The summed E-state index contributed by atoms with van der Waals surface area (Å²) in [5.41, 5.74) is 0.992. The fourth-order valence-corrected chi connectivity index (χ4v) is 6.07. The summed E-state index contributed by atoms with van der Waals surface area (Å²) in [5.74, 6) is -1.24. The zero-order valence-electron chi connectivity index (χ0n) is 32.1. The van der Waals surface area contributed by atoms with Crippen molar-refractivity contribution >= 4 is 29.5 Å². The predicted molar refractivity (Wildman–Crippen MR) is 206 cm³/mol. The number of nitrogens with one attached hydrogen (secondary N) is 4. The van der Waals surface area contributed by atoms with Crippen LogP contribution in [0.5, 0.6) is 11.5 Å². The summed E-state index contributed by atoms with van der Waals surface area (Å²) in [4.78, 5) is 71.1. The van der Waals surface area contributed by atoms with Gasteiger partial charge in [-0.3, -0.25) is 24.0 Å². The molecule has 4 rings (SSSR count). The highest BCUT2D eigenvalue weighted by Gasteiger charge is 2.31. The van der Waals surface area contributed by atoms with Crippen molar-refractivity contribution in [1.29, 1.82) is 0 Å². The van der Waals surface area contributed by atoms with Crippen LogP contribution in [0.15, 0.2) is 78.9 Å². The fraction of sp³-hybridized carbons (Fsp3) is 0.439. The monoisotopic (exact) mass is 742 g/mol. The Balaban J connectivity index is 1.59. The third-order valence-electron chi connectivity index (χ3n) is 9.05. The number of carbonyl (C=O) groups is 5. The van der Waals surface area contributed by atoms with Gasteiger partial charge in [0, 0.05) is 38.5 Å². The first-order valence-corrected chi connectivity index (χ1v) is 18.3. The van der Waals surface area contributed by atoms with Crippen LogP contribution < -0.4 is 30.7 Å². The number of para-hydroxylation sites is 1. The van der Waals surface area contributed by atoms with E-state index in [1.807, 2.05) is 73.6 Å². The van der Waals surface area contributed by atoms with E-state index in [0.29, 0.717) is 18.8 Å². The van der Waals surface area contributed by atoms with Gasteiger partial charge in [0.15, 0.2) is 0 Å². The zero-order valence-corrected chi connectivity index (χ0v) is 32.1. The minimum absolute atomic E-state index is 0.0160. The summed E-state index contributed by atoms with van der Waals surface area (Å²) < 4.78 is 12.1. The molecule has 0 aromatic heterocycles. The molecule has 54 heavy (non-hydrogen) atoms. The molecule has 0 spiro atoms. The number of ether oxygens (including phenoxy) is 2. The molecule has 0 radical (unpaired) electrons. The Bertz CT molecular complexity index is 1750. The van der Waals surface area contributed by atoms with Gasteiger partial charge in [-0.1, -0.05) is 54.6 Å². The van der Waals surface area contributed by atoms with Gasteiger partial charge in [0.1, 0.15) is 36.8 Å². The van der Waals surface area contributed by atoms with E-state index in [0.717, 1.165) is 17.7 Å². The summed E-state index contributed by atoms with van der Waals surface area (Å²) in [6.07, 6.45) is 0.227. The molecule has 4 N–H and O–H groups in total. The molecule has 0 bridgehead atoms. The van der Waals surface area contributed by atoms with Crippen LogP contribution in [0.2, 0.25) is 0 Å². The third-order valence-corrected chi connectivity index (χ3v) is 9.05. The Morgan fingerprint density at radius 1 is 0.944 bits per heavy atom. The van der Waals surface area contributed by atoms with Crippen LogP contribution in [0, 0.1) is 0 Å². The van der Waals surface area contributed by atoms with E-state index in [1.165, 1.54) is 0 Å². The van der Waals surface area contributed by atoms with Crippen molar-refractivity contribution in [3.63, 3.8) is 0 Å². The average Bonchev–Trinajstić information content (AvgIpc) is 3.13. The molecular formula is C41H54N6O7. The topological polar surface area (TPSA) is 158 Å². The zero-order chi connectivity index (χ0) is 39.3. The lowest BCUT2D eigenvalue weighted by atomic mass is 9.99. The number of nitrogens with zero attached hydrogens (tertiary/aromatic N) is 2. The molecule has 3 aromatic carbocycles. The summed E-state index contributed by atoms with van der Waals surface area (Å²) in [7, 11) is 5.58. The van der Waals surface area contributed by atoms with Gasteiger partial charge in [-0.2, -0.15) is 0 Å². The molecule has 290 valence electrons. The SMILES string of the molecule is C[C@@H]1NC(=O)CC(C)(C)NC(=O)CC[C@@H](C(=O)NCc2cccc(OCCN(C)C)c2)NC(=O)c2ccccc2OC[C@H](Cc2ccccc2)N(C)C1=O. The number of hydrogen-bond acceptors (Lipinski definition) is 8. The maximum atomic E-state index is 13.9. The van der Waals surface area contributed by atoms with E-state index in [9.17, 15) is 24.0 Å². The second-order valence-electron chi connectivity index (χ2n) is 14.6. The first-order valence-electron chi connectivity index (χ1n) is 18.3. The maximum absolute atomic E-state index is 13.9. The normalized spacial score (nSPS) is 20.2. The van der Waals surface area contributed by atoms with Crippen LogP contribution in [0.3, 0.4) is 0 Å². The van der Waals surface area contributed by atoms with Gasteiger partial charge in [0.25, 0.3) is 5.91 Å². The summed E-state index contributed by atoms with van der Waals surface area (Å²) in [5, 5.41) is 11.4. The molecule has 0 saturated heterocycles. The number of benzene rings is 3. The highest BCUT2D eigenvalue weighted by atomic mass is 16.5. The summed E-state index contributed by atoms with van der Waals surface area (Å²) >= 11 is 0. The molecular weight excluding hydrogens is 688 g/mol. The molecule has 3 atom stereocenters. The average molecular weight is 743 g/mol. The number of hydrogen-bond donors (Lipinski definition) is 4. The van der Waals surface area contributed by atoms with Gasteiger partial charge in [-0.25, -0.2) is 0 Å². The largest absolute Gasteiger partial charge is 0.492 e. The number of carbonyl (C=O) groups excluding carboxylic acids is 5. The number of fused-ring (bicyclic) bond motifs is 1. The molecule has 0 aliphatic carbocycles. The second kappa shape index (κ2) is 19.6. The van der Waals surface area contributed by atoms with Crippen LogP contribution in [0.25, 0.3) is 0 Å². The van der Waals surface area contributed by atoms with Gasteiger partial charge in [-0.05, 0) is 83.1 Å². The Kier molecular flexibility index (Phi) is 15.0. The van der Waals surface area contributed by atoms with Crippen molar-refractivity contribution < 1.29 is 33.4 Å². The highest BCUT2D eigenvalue weighted by molar-refractivity contribution is 5.99. The van der Waals surface area contributed by atoms with Gasteiger partial charge in [0.2, 0.25) is 23.6 Å². The molecule has 13 heteroatoms. The van der Waals surface area contributed by atoms with Gasteiger partial charge < -0.3 is 40.5 Å². The van der Waals surface area contributed by atoms with Crippen LogP contribution in [0.4, 0.5) is 0 Å². The van der Waals surface area contributed by atoms with Crippen LogP contribution in [-0.4, -0.2) is 104 Å². The molecule has 3 aromatic rings. The molecule has 1 heterocycles. The Morgan fingerprint density at radius 2 is 1.65 bits per heavy atom. The fourth-order valence-electron chi connectivity index (χ4n) is 6.07. The summed E-state index contributed by atoms with van der Waals surface area (Å²) in [6, 6.07) is 21.3. The summed E-state index contributed by atoms with van der Waals surface area (Å²) in [6.45, 7) is 6.49. The maximum Gasteiger partial charge on any atom is 0.255 e. The van der Waals surface area contributed by atoms with Crippen LogP contribution in [-0.2, 0) is 32.1 Å². The van der Waals surface area contributed by atoms with Crippen molar-refractivity contribution in [3.05, 3.63) is 95.6 Å². The van der Waals surface area contributed by atoms with E-state index in [-0.39, 0.29) is 49.6 Å². The first-order chi connectivity index (χ1) is 25.7. The van der Waals surface area contributed by atoms with Gasteiger partial charge in [0.05, 0.1) is 11.6 Å². The van der Waals surface area contributed by atoms with E-state index < -0.39 is 47.3 Å². The van der Waals surface area contributed by atoms with Crippen molar-refractivity contribution in [3.8, 4) is 11.5 Å². The third kappa shape index (κ3) is 12.9. The molecule has 5 amide bonds. The van der Waals surface area contributed by atoms with E-state index in [1.54, 1.807) is 57.0 Å². The van der Waals surface area contributed by atoms with Crippen LogP contribution >= 0.6 is 0 Å². The lowest BCUT2D eigenvalue weighted by Crippen LogP contribution is -2.53.